The van der Waals surface area contributed by atoms with Gasteiger partial charge in [0.25, 0.3) is 11.8 Å². The Hall–Kier alpha value is -3.65. The summed E-state index contributed by atoms with van der Waals surface area (Å²) in [6.45, 7) is 0.195. The number of nitrogens with one attached hydrogen (secondary N) is 2. The van der Waals surface area contributed by atoms with Crippen molar-refractivity contribution in [2.75, 3.05) is 12.1 Å². The van der Waals surface area contributed by atoms with Crippen molar-refractivity contribution in [3.8, 4) is 11.5 Å². The number of hydrazone groups is 1. The van der Waals surface area contributed by atoms with Gasteiger partial charge in [-0.05, 0) is 70.0 Å². The van der Waals surface area contributed by atoms with Gasteiger partial charge in [-0.3, -0.25) is 9.59 Å². The van der Waals surface area contributed by atoms with E-state index in [1.165, 1.54) is 6.21 Å². The fourth-order valence-corrected chi connectivity index (χ4v) is 3.27. The number of halogens is 1. The molecule has 0 saturated carbocycles. The van der Waals surface area contributed by atoms with E-state index < -0.39 is 5.91 Å². The summed E-state index contributed by atoms with van der Waals surface area (Å²) in [6.07, 6.45) is 1.51. The van der Waals surface area contributed by atoms with Crippen molar-refractivity contribution >= 4 is 39.6 Å². The average Bonchev–Trinajstić information content (AvgIpc) is 3.22. The Morgan fingerprint density at radius 2 is 1.77 bits per heavy atom. The van der Waals surface area contributed by atoms with Crippen molar-refractivity contribution < 1.29 is 19.1 Å². The number of hydrogen-bond donors (Lipinski definition) is 2. The standard InChI is InChI=1S/C22H16BrN3O4/c23-18-7-2-1-6-17(18)22(28)25-16-5-3-4-15(11-16)21(27)26-24-12-14-8-9-19-20(10-14)30-13-29-19/h1-12H,13H2,(H,25,28)(H,26,27)/b24-12-. The third-order valence-electron chi connectivity index (χ3n) is 4.28. The maximum absolute atomic E-state index is 12.4. The van der Waals surface area contributed by atoms with Crippen LogP contribution in [-0.2, 0) is 0 Å². The van der Waals surface area contributed by atoms with Crippen LogP contribution in [0.5, 0.6) is 11.5 Å². The molecule has 0 saturated heterocycles. The lowest BCUT2D eigenvalue weighted by atomic mass is 10.1. The van der Waals surface area contributed by atoms with E-state index in [4.69, 9.17) is 9.47 Å². The first-order chi connectivity index (χ1) is 14.6. The first-order valence-electron chi connectivity index (χ1n) is 8.99. The van der Waals surface area contributed by atoms with Crippen LogP contribution < -0.4 is 20.2 Å². The first kappa shape index (κ1) is 19.7. The van der Waals surface area contributed by atoms with Crippen molar-refractivity contribution in [1.82, 2.24) is 5.43 Å². The third kappa shape index (κ3) is 4.49. The molecule has 1 aliphatic rings. The Morgan fingerprint density at radius 3 is 2.63 bits per heavy atom. The highest BCUT2D eigenvalue weighted by atomic mass is 79.9. The van der Waals surface area contributed by atoms with Crippen LogP contribution in [0.1, 0.15) is 26.3 Å². The van der Waals surface area contributed by atoms with Gasteiger partial charge in [0.05, 0.1) is 11.8 Å². The second-order valence-corrected chi connectivity index (χ2v) is 7.18. The van der Waals surface area contributed by atoms with Crippen molar-refractivity contribution in [3.05, 3.63) is 87.9 Å². The Bertz CT molecular complexity index is 1150. The molecule has 7 nitrogen and oxygen atoms in total. The third-order valence-corrected chi connectivity index (χ3v) is 4.97. The van der Waals surface area contributed by atoms with Gasteiger partial charge in [0.2, 0.25) is 6.79 Å². The highest BCUT2D eigenvalue weighted by Crippen LogP contribution is 2.31. The van der Waals surface area contributed by atoms with E-state index in [0.717, 1.165) is 5.56 Å². The zero-order chi connectivity index (χ0) is 20.9. The van der Waals surface area contributed by atoms with Crippen LogP contribution in [0.15, 0.2) is 76.3 Å². The van der Waals surface area contributed by atoms with Crippen LogP contribution in [0, 0.1) is 0 Å². The molecule has 2 N–H and O–H groups in total. The van der Waals surface area contributed by atoms with Gasteiger partial charge in [0, 0.05) is 15.7 Å². The van der Waals surface area contributed by atoms with Gasteiger partial charge in [-0.2, -0.15) is 5.10 Å². The molecule has 3 aromatic rings. The molecule has 2 amide bonds. The second kappa shape index (κ2) is 8.79. The fraction of sp³-hybridized carbons (Fsp3) is 0.0455. The lowest BCUT2D eigenvalue weighted by Gasteiger charge is -2.08. The lowest BCUT2D eigenvalue weighted by molar-refractivity contribution is 0.0953. The molecule has 150 valence electrons. The topological polar surface area (TPSA) is 89.0 Å². The van der Waals surface area contributed by atoms with Gasteiger partial charge in [0.15, 0.2) is 11.5 Å². The van der Waals surface area contributed by atoms with E-state index in [-0.39, 0.29) is 12.7 Å². The zero-order valence-corrected chi connectivity index (χ0v) is 17.2. The first-order valence-corrected chi connectivity index (χ1v) is 9.78. The fourth-order valence-electron chi connectivity index (χ4n) is 2.81. The van der Waals surface area contributed by atoms with E-state index in [0.29, 0.717) is 32.8 Å². The van der Waals surface area contributed by atoms with Crippen LogP contribution in [-0.4, -0.2) is 24.8 Å². The molecule has 0 fully saturated rings. The number of nitrogens with zero attached hydrogens (tertiary/aromatic N) is 1. The van der Waals surface area contributed by atoms with Crippen LogP contribution in [0.4, 0.5) is 5.69 Å². The summed E-state index contributed by atoms with van der Waals surface area (Å²) in [5, 5.41) is 6.77. The van der Waals surface area contributed by atoms with E-state index in [2.05, 4.69) is 31.8 Å². The van der Waals surface area contributed by atoms with Crippen molar-refractivity contribution in [3.63, 3.8) is 0 Å². The van der Waals surface area contributed by atoms with Gasteiger partial charge >= 0.3 is 0 Å². The second-order valence-electron chi connectivity index (χ2n) is 6.33. The Kier molecular flexibility index (Phi) is 5.76. The summed E-state index contributed by atoms with van der Waals surface area (Å²) in [4.78, 5) is 24.8. The number of rotatable bonds is 5. The van der Waals surface area contributed by atoms with Gasteiger partial charge in [-0.1, -0.05) is 18.2 Å². The SMILES string of the molecule is O=C(N/N=C\c1ccc2c(c1)OCO2)c1cccc(NC(=O)c2ccccc2Br)c1. The summed E-state index contributed by atoms with van der Waals surface area (Å²) >= 11 is 3.36. The number of ether oxygens (including phenoxy) is 2. The van der Waals surface area contributed by atoms with Gasteiger partial charge < -0.3 is 14.8 Å². The number of fused-ring (bicyclic) bond motifs is 1. The predicted octanol–water partition coefficient (Wildman–Crippen LogP) is 4.19. The summed E-state index contributed by atoms with van der Waals surface area (Å²) < 4.78 is 11.3. The van der Waals surface area contributed by atoms with Gasteiger partial charge in [-0.15, -0.1) is 0 Å². The maximum atomic E-state index is 12.4. The monoisotopic (exact) mass is 465 g/mol. The van der Waals surface area contributed by atoms with E-state index in [1.54, 1.807) is 60.7 Å². The molecule has 3 aromatic carbocycles. The average molecular weight is 466 g/mol. The molecular weight excluding hydrogens is 450 g/mol. The molecule has 8 heteroatoms. The minimum absolute atomic E-state index is 0.195. The molecule has 0 spiro atoms. The normalized spacial score (nSPS) is 12.0. The largest absolute Gasteiger partial charge is 0.454 e. The molecule has 4 rings (SSSR count). The summed E-state index contributed by atoms with van der Waals surface area (Å²) in [7, 11) is 0. The molecule has 30 heavy (non-hydrogen) atoms. The quantitative estimate of drug-likeness (QED) is 0.436. The minimum Gasteiger partial charge on any atom is -0.454 e. The number of carbonyl (C=O) groups is 2. The highest BCUT2D eigenvalue weighted by molar-refractivity contribution is 9.10. The van der Waals surface area contributed by atoms with Crippen LogP contribution in [0.25, 0.3) is 0 Å². The molecule has 0 aromatic heterocycles. The van der Waals surface area contributed by atoms with Crippen molar-refractivity contribution in [2.24, 2.45) is 5.10 Å². The van der Waals surface area contributed by atoms with Crippen LogP contribution >= 0.6 is 15.9 Å². The van der Waals surface area contributed by atoms with Crippen LogP contribution in [0.3, 0.4) is 0 Å². The Balaban J connectivity index is 1.40. The molecule has 0 aliphatic carbocycles. The Labute approximate surface area is 180 Å². The minimum atomic E-state index is -0.399. The zero-order valence-electron chi connectivity index (χ0n) is 15.6. The van der Waals surface area contributed by atoms with Crippen molar-refractivity contribution in [1.29, 1.82) is 0 Å². The molecule has 0 unspecified atom stereocenters. The van der Waals surface area contributed by atoms with E-state index >= 15 is 0 Å². The van der Waals surface area contributed by atoms with E-state index in [1.807, 2.05) is 6.07 Å². The molecular formula is C22H16BrN3O4. The Morgan fingerprint density at radius 1 is 0.933 bits per heavy atom. The lowest BCUT2D eigenvalue weighted by Crippen LogP contribution is -2.18. The summed E-state index contributed by atoms with van der Waals surface area (Å²) in [5.41, 5.74) is 4.60. The number of amides is 2. The summed E-state index contributed by atoms with van der Waals surface area (Å²) in [6, 6.07) is 19.1. The number of anilines is 1. The number of carbonyl (C=O) groups excluding carboxylic acids is 2. The van der Waals surface area contributed by atoms with Gasteiger partial charge in [-0.25, -0.2) is 5.43 Å². The molecule has 0 atom stereocenters. The maximum Gasteiger partial charge on any atom is 0.271 e. The van der Waals surface area contributed by atoms with Crippen LogP contribution in [0.2, 0.25) is 0 Å². The number of hydrogen-bond acceptors (Lipinski definition) is 5. The molecule has 0 radical (unpaired) electrons. The molecule has 1 aliphatic heterocycles. The smallest absolute Gasteiger partial charge is 0.271 e. The number of benzene rings is 3. The predicted molar refractivity (Wildman–Crippen MR) is 116 cm³/mol. The molecule has 0 bridgehead atoms. The summed E-state index contributed by atoms with van der Waals surface area (Å²) in [5.74, 6) is 0.640. The van der Waals surface area contributed by atoms with Crippen molar-refractivity contribution in [2.45, 2.75) is 0 Å². The van der Waals surface area contributed by atoms with Gasteiger partial charge in [0.1, 0.15) is 0 Å². The molecule has 1 heterocycles. The highest BCUT2D eigenvalue weighted by Gasteiger charge is 2.13. The van der Waals surface area contributed by atoms with E-state index in [9.17, 15) is 9.59 Å².